The first-order chi connectivity index (χ1) is 20.0. The molecule has 0 fully saturated rings. The van der Waals surface area contributed by atoms with Gasteiger partial charge < -0.3 is 15.6 Å². The highest BCUT2D eigenvalue weighted by atomic mass is 16.2. The molecule has 7 heteroatoms. The minimum absolute atomic E-state index is 0.103. The predicted octanol–water partition coefficient (Wildman–Crippen LogP) is 5.94. The van der Waals surface area contributed by atoms with Crippen molar-refractivity contribution >= 4 is 17.6 Å². The van der Waals surface area contributed by atoms with E-state index in [1.165, 1.54) is 6.20 Å². The molecule has 0 spiro atoms. The molecule has 212 valence electrons. The Bertz CT molecular complexity index is 1280. The van der Waals surface area contributed by atoms with Gasteiger partial charge in [0.25, 0.3) is 0 Å². The predicted molar refractivity (Wildman–Crippen MR) is 160 cm³/mol. The van der Waals surface area contributed by atoms with Crippen LogP contribution < -0.4 is 10.6 Å². The van der Waals surface area contributed by atoms with E-state index in [2.05, 4.69) is 27.5 Å². The van der Waals surface area contributed by atoms with Crippen LogP contribution >= 0.6 is 0 Å². The monoisotopic (exact) mass is 550 g/mol. The zero-order valence-electron chi connectivity index (χ0n) is 23.5. The van der Waals surface area contributed by atoms with Gasteiger partial charge in [0, 0.05) is 18.8 Å². The minimum atomic E-state index is -1.07. The van der Waals surface area contributed by atoms with Crippen molar-refractivity contribution in [3.8, 4) is 0 Å². The number of nitrogens with one attached hydrogen (secondary N) is 3. The third kappa shape index (κ3) is 7.57. The van der Waals surface area contributed by atoms with Gasteiger partial charge in [0.2, 0.25) is 17.6 Å². The van der Waals surface area contributed by atoms with Crippen LogP contribution in [0.1, 0.15) is 79.2 Å². The molecule has 4 rings (SSSR count). The highest BCUT2D eigenvalue weighted by molar-refractivity contribution is 6.01. The number of nitrogens with zero attached hydrogens (tertiary/aromatic N) is 1. The molecule has 3 N–H and O–H groups in total. The maximum atomic E-state index is 13.9. The van der Waals surface area contributed by atoms with E-state index in [1.807, 2.05) is 91.0 Å². The number of aromatic amines is 1. The highest BCUT2D eigenvalue weighted by Gasteiger charge is 2.39. The van der Waals surface area contributed by atoms with E-state index in [-0.39, 0.29) is 24.1 Å². The van der Waals surface area contributed by atoms with Crippen LogP contribution in [0.5, 0.6) is 0 Å². The summed E-state index contributed by atoms with van der Waals surface area (Å²) in [7, 11) is 0. The molecule has 0 saturated heterocycles. The number of benzene rings is 3. The molecule has 0 saturated carbocycles. The van der Waals surface area contributed by atoms with E-state index in [9.17, 15) is 14.4 Å². The number of unbranched alkanes of at least 4 members (excludes halogenated alkanes) is 4. The van der Waals surface area contributed by atoms with Gasteiger partial charge in [-0.15, -0.1) is 0 Å². The van der Waals surface area contributed by atoms with Crippen molar-refractivity contribution in [1.82, 2.24) is 20.6 Å². The van der Waals surface area contributed by atoms with E-state index in [1.54, 1.807) is 6.20 Å². The van der Waals surface area contributed by atoms with E-state index < -0.39 is 17.4 Å². The molecule has 3 aromatic carbocycles. The fourth-order valence-corrected chi connectivity index (χ4v) is 5.16. The maximum Gasteiger partial charge on any atom is 0.223 e. The Morgan fingerprint density at radius 1 is 0.756 bits per heavy atom. The van der Waals surface area contributed by atoms with Gasteiger partial charge >= 0.3 is 0 Å². The molecule has 0 aliphatic carbocycles. The third-order valence-corrected chi connectivity index (χ3v) is 7.23. The van der Waals surface area contributed by atoms with Gasteiger partial charge in [-0.1, -0.05) is 124 Å². The number of imidazole rings is 1. The first-order valence-corrected chi connectivity index (χ1v) is 14.3. The minimum Gasteiger partial charge on any atom is -0.345 e. The number of H-pyrrole nitrogens is 1. The number of hydrogen-bond acceptors (Lipinski definition) is 4. The van der Waals surface area contributed by atoms with Gasteiger partial charge in [0.15, 0.2) is 5.82 Å². The van der Waals surface area contributed by atoms with Gasteiger partial charge in [0.1, 0.15) is 11.6 Å². The Balaban J connectivity index is 1.63. The normalized spacial score (nSPS) is 11.9. The lowest BCUT2D eigenvalue weighted by Crippen LogP contribution is -2.51. The largest absolute Gasteiger partial charge is 0.345 e. The van der Waals surface area contributed by atoms with Gasteiger partial charge in [0.05, 0.1) is 6.42 Å². The fraction of sp³-hybridized carbons (Fsp3) is 0.294. The quantitative estimate of drug-likeness (QED) is 0.0969. The van der Waals surface area contributed by atoms with Crippen molar-refractivity contribution < 1.29 is 14.4 Å². The number of amides is 2. The van der Waals surface area contributed by atoms with Gasteiger partial charge in [-0.05, 0) is 23.1 Å². The third-order valence-electron chi connectivity index (χ3n) is 7.23. The number of aromatic nitrogens is 2. The first-order valence-electron chi connectivity index (χ1n) is 14.3. The SMILES string of the molecule is CCCCCCCC(=O)N[C@H](CC(=O)NC(c1ccccc1)(c1ccccc1)c1ccccc1)C(=O)c1ncc[nH]1. The lowest BCUT2D eigenvalue weighted by atomic mass is 9.77. The number of carbonyl (C=O) groups excluding carboxylic acids is 3. The molecule has 0 aliphatic heterocycles. The molecule has 0 radical (unpaired) electrons. The summed E-state index contributed by atoms with van der Waals surface area (Å²) in [5.41, 5.74) is 1.59. The molecule has 0 bridgehead atoms. The van der Waals surface area contributed by atoms with Crippen LogP contribution in [-0.2, 0) is 15.1 Å². The number of carbonyl (C=O) groups is 3. The van der Waals surface area contributed by atoms with Crippen molar-refractivity contribution in [2.75, 3.05) is 0 Å². The molecule has 0 aliphatic rings. The van der Waals surface area contributed by atoms with Crippen LogP contribution in [0, 0.1) is 0 Å². The second-order valence-electron chi connectivity index (χ2n) is 10.2. The molecular weight excluding hydrogens is 512 g/mol. The Hall–Kier alpha value is -4.52. The molecule has 0 unspecified atom stereocenters. The Kier molecular flexibility index (Phi) is 10.6. The second kappa shape index (κ2) is 14.7. The Morgan fingerprint density at radius 3 is 1.78 bits per heavy atom. The molecule has 1 atom stereocenters. The summed E-state index contributed by atoms with van der Waals surface area (Å²) in [5.74, 6) is -0.963. The zero-order chi connectivity index (χ0) is 28.9. The van der Waals surface area contributed by atoms with Gasteiger partial charge in [-0.2, -0.15) is 0 Å². The van der Waals surface area contributed by atoms with Crippen molar-refractivity contribution in [3.05, 3.63) is 126 Å². The van der Waals surface area contributed by atoms with Crippen LogP contribution in [0.3, 0.4) is 0 Å². The van der Waals surface area contributed by atoms with Crippen molar-refractivity contribution in [2.24, 2.45) is 0 Å². The molecular formula is C34H38N4O3. The Morgan fingerprint density at radius 2 is 1.29 bits per heavy atom. The first kappa shape index (κ1) is 29.5. The summed E-state index contributed by atoms with van der Waals surface area (Å²) in [6.45, 7) is 2.14. The van der Waals surface area contributed by atoms with Crippen LogP contribution in [-0.4, -0.2) is 33.6 Å². The molecule has 1 heterocycles. The van der Waals surface area contributed by atoms with E-state index in [4.69, 9.17) is 0 Å². The topological polar surface area (TPSA) is 104 Å². The summed E-state index contributed by atoms with van der Waals surface area (Å²) in [4.78, 5) is 47.1. The molecule has 7 nitrogen and oxygen atoms in total. The van der Waals surface area contributed by atoms with Crippen LogP contribution in [0.2, 0.25) is 0 Å². The average Bonchev–Trinajstić information content (AvgIpc) is 3.56. The van der Waals surface area contributed by atoms with Crippen molar-refractivity contribution in [3.63, 3.8) is 0 Å². The smallest absolute Gasteiger partial charge is 0.223 e. The van der Waals surface area contributed by atoms with E-state index in [0.717, 1.165) is 48.8 Å². The van der Waals surface area contributed by atoms with Gasteiger partial charge in [-0.25, -0.2) is 4.98 Å². The van der Waals surface area contributed by atoms with Crippen LogP contribution in [0.15, 0.2) is 103 Å². The summed E-state index contributed by atoms with van der Waals surface area (Å²) >= 11 is 0. The number of rotatable bonds is 15. The van der Waals surface area contributed by atoms with Crippen LogP contribution in [0.4, 0.5) is 0 Å². The lowest BCUT2D eigenvalue weighted by Gasteiger charge is -2.37. The number of ketones is 1. The van der Waals surface area contributed by atoms with Crippen molar-refractivity contribution in [2.45, 2.75) is 63.5 Å². The molecule has 1 aromatic heterocycles. The molecule has 41 heavy (non-hydrogen) atoms. The molecule has 2 amide bonds. The average molecular weight is 551 g/mol. The van der Waals surface area contributed by atoms with Crippen molar-refractivity contribution in [1.29, 1.82) is 0 Å². The summed E-state index contributed by atoms with van der Waals surface area (Å²) < 4.78 is 0. The summed E-state index contributed by atoms with van der Waals surface area (Å²) in [6, 6.07) is 28.2. The standard InChI is InChI=1S/C34H38N4O3/c1-2-3-4-5-15-22-30(39)37-29(32(41)33-35-23-24-36-33)25-31(40)38-34(26-16-9-6-10-17-26,27-18-11-7-12-19-27)28-20-13-8-14-21-28/h6-14,16-21,23-24,29H,2-5,15,22,25H2,1H3,(H,35,36)(H,37,39)(H,38,40)/t29-/m1/s1. The van der Waals surface area contributed by atoms with E-state index in [0.29, 0.717) is 6.42 Å². The van der Waals surface area contributed by atoms with Gasteiger partial charge in [-0.3, -0.25) is 14.4 Å². The highest BCUT2D eigenvalue weighted by Crippen LogP contribution is 2.37. The summed E-state index contributed by atoms with van der Waals surface area (Å²) in [6.07, 6.45) is 8.10. The van der Waals surface area contributed by atoms with E-state index >= 15 is 0 Å². The number of Topliss-reactive ketones (excluding diaryl/α,β-unsaturated/α-hetero) is 1. The second-order valence-corrected chi connectivity index (χ2v) is 10.2. The molecule has 4 aromatic rings. The zero-order valence-corrected chi connectivity index (χ0v) is 23.5. The maximum absolute atomic E-state index is 13.9. The summed E-state index contributed by atoms with van der Waals surface area (Å²) in [5, 5.41) is 6.10. The Labute approximate surface area is 241 Å². The lowest BCUT2D eigenvalue weighted by molar-refractivity contribution is -0.124. The number of hydrogen-bond donors (Lipinski definition) is 3. The fourth-order valence-electron chi connectivity index (χ4n) is 5.16. The van der Waals surface area contributed by atoms with Crippen LogP contribution in [0.25, 0.3) is 0 Å².